The monoisotopic (exact) mass is 156 g/mol. The maximum Gasteiger partial charge on any atom is 0.105 e. The average Bonchev–Trinajstić information content (AvgIpc) is 2.34. The Bertz CT molecular complexity index is 138. The zero-order valence-corrected chi connectivity index (χ0v) is 6.77. The van der Waals surface area contributed by atoms with Crippen molar-refractivity contribution in [3.8, 4) is 0 Å². The van der Waals surface area contributed by atoms with E-state index in [1.54, 1.807) is 0 Å². The van der Waals surface area contributed by atoms with Gasteiger partial charge in [-0.2, -0.15) is 0 Å². The topological polar surface area (TPSA) is 44.3 Å². The normalized spacial score (nSPS) is 45.0. The molecule has 2 unspecified atom stereocenters. The minimum atomic E-state index is -0.255. The van der Waals surface area contributed by atoms with Gasteiger partial charge in [-0.15, -0.1) is 0 Å². The molecule has 11 heavy (non-hydrogen) atoms. The van der Waals surface area contributed by atoms with Gasteiger partial charge in [-0.25, -0.2) is 0 Å². The largest absolute Gasteiger partial charge is 0.379 e. The third-order valence-corrected chi connectivity index (χ3v) is 2.84. The SMILES string of the molecule is OC1CCC2(CCCNC2)N1. The van der Waals surface area contributed by atoms with Gasteiger partial charge in [-0.3, -0.25) is 5.32 Å². The third kappa shape index (κ3) is 1.41. The minimum Gasteiger partial charge on any atom is -0.379 e. The first-order chi connectivity index (χ1) is 5.31. The summed E-state index contributed by atoms with van der Waals surface area (Å²) >= 11 is 0. The zero-order chi connectivity index (χ0) is 7.73. The van der Waals surface area contributed by atoms with Gasteiger partial charge in [0.25, 0.3) is 0 Å². The predicted molar refractivity (Wildman–Crippen MR) is 43.2 cm³/mol. The molecule has 2 heterocycles. The number of rotatable bonds is 0. The second-order valence-electron chi connectivity index (χ2n) is 3.76. The Morgan fingerprint density at radius 3 is 2.82 bits per heavy atom. The van der Waals surface area contributed by atoms with E-state index >= 15 is 0 Å². The number of hydrogen-bond acceptors (Lipinski definition) is 3. The molecule has 2 aliphatic heterocycles. The average molecular weight is 156 g/mol. The van der Waals surface area contributed by atoms with E-state index in [4.69, 9.17) is 0 Å². The quantitative estimate of drug-likeness (QED) is 0.455. The fourth-order valence-electron chi connectivity index (χ4n) is 2.22. The Hall–Kier alpha value is -0.120. The Kier molecular flexibility index (Phi) is 1.87. The van der Waals surface area contributed by atoms with Gasteiger partial charge in [0.2, 0.25) is 0 Å². The molecule has 3 nitrogen and oxygen atoms in total. The van der Waals surface area contributed by atoms with Crippen molar-refractivity contribution in [2.45, 2.75) is 37.5 Å². The van der Waals surface area contributed by atoms with Crippen molar-refractivity contribution in [3.05, 3.63) is 0 Å². The number of piperidine rings is 1. The molecule has 0 saturated carbocycles. The maximum absolute atomic E-state index is 9.31. The van der Waals surface area contributed by atoms with Gasteiger partial charge in [0.1, 0.15) is 6.23 Å². The van der Waals surface area contributed by atoms with Crippen LogP contribution in [0.1, 0.15) is 25.7 Å². The van der Waals surface area contributed by atoms with E-state index in [2.05, 4.69) is 10.6 Å². The van der Waals surface area contributed by atoms with E-state index in [9.17, 15) is 5.11 Å². The van der Waals surface area contributed by atoms with Crippen LogP contribution in [0, 0.1) is 0 Å². The second kappa shape index (κ2) is 2.73. The summed E-state index contributed by atoms with van der Waals surface area (Å²) in [5.41, 5.74) is 0.234. The molecule has 3 N–H and O–H groups in total. The fourth-order valence-corrected chi connectivity index (χ4v) is 2.22. The lowest BCUT2D eigenvalue weighted by atomic mass is 9.89. The van der Waals surface area contributed by atoms with Crippen LogP contribution in [0.5, 0.6) is 0 Å². The maximum atomic E-state index is 9.31. The number of aliphatic hydroxyl groups is 1. The smallest absolute Gasteiger partial charge is 0.105 e. The van der Waals surface area contributed by atoms with Crippen LogP contribution in [0.15, 0.2) is 0 Å². The molecule has 64 valence electrons. The van der Waals surface area contributed by atoms with Crippen molar-refractivity contribution >= 4 is 0 Å². The molecule has 0 amide bonds. The van der Waals surface area contributed by atoms with Crippen LogP contribution in [-0.4, -0.2) is 30.0 Å². The molecule has 0 aliphatic carbocycles. The highest BCUT2D eigenvalue weighted by Gasteiger charge is 2.38. The summed E-state index contributed by atoms with van der Waals surface area (Å²) < 4.78 is 0. The van der Waals surface area contributed by atoms with E-state index in [0.29, 0.717) is 0 Å². The predicted octanol–water partition coefficient (Wildman–Crippen LogP) is -0.190. The lowest BCUT2D eigenvalue weighted by Crippen LogP contribution is -2.53. The molecule has 0 radical (unpaired) electrons. The van der Waals surface area contributed by atoms with E-state index in [-0.39, 0.29) is 11.8 Å². The summed E-state index contributed by atoms with van der Waals surface area (Å²) in [5, 5.41) is 15.9. The molecule has 0 aromatic carbocycles. The standard InChI is InChI=1S/C8H16N2O/c11-7-2-4-8(10-7)3-1-5-9-6-8/h7,9-11H,1-6H2. The molecule has 2 fully saturated rings. The van der Waals surface area contributed by atoms with Crippen LogP contribution >= 0.6 is 0 Å². The summed E-state index contributed by atoms with van der Waals surface area (Å²) in [6.07, 6.45) is 4.24. The van der Waals surface area contributed by atoms with Crippen LogP contribution in [0.4, 0.5) is 0 Å². The van der Waals surface area contributed by atoms with Crippen molar-refractivity contribution < 1.29 is 5.11 Å². The molecular weight excluding hydrogens is 140 g/mol. The highest BCUT2D eigenvalue weighted by molar-refractivity contribution is 4.98. The van der Waals surface area contributed by atoms with Gasteiger partial charge >= 0.3 is 0 Å². The molecule has 0 bridgehead atoms. The Morgan fingerprint density at radius 1 is 1.36 bits per heavy atom. The van der Waals surface area contributed by atoms with Crippen molar-refractivity contribution in [2.75, 3.05) is 13.1 Å². The first-order valence-corrected chi connectivity index (χ1v) is 4.47. The zero-order valence-electron chi connectivity index (χ0n) is 6.77. The molecular formula is C8H16N2O. The van der Waals surface area contributed by atoms with E-state index in [1.165, 1.54) is 12.8 Å². The molecule has 2 aliphatic rings. The van der Waals surface area contributed by atoms with Crippen LogP contribution in [0.3, 0.4) is 0 Å². The minimum absolute atomic E-state index is 0.234. The first-order valence-electron chi connectivity index (χ1n) is 4.47. The Balaban J connectivity index is 1.98. The van der Waals surface area contributed by atoms with Crippen molar-refractivity contribution in [2.24, 2.45) is 0 Å². The van der Waals surface area contributed by atoms with Crippen LogP contribution < -0.4 is 10.6 Å². The highest BCUT2D eigenvalue weighted by atomic mass is 16.3. The molecule has 1 spiro atoms. The third-order valence-electron chi connectivity index (χ3n) is 2.84. The van der Waals surface area contributed by atoms with Gasteiger partial charge < -0.3 is 10.4 Å². The molecule has 0 aromatic rings. The fraction of sp³-hybridized carbons (Fsp3) is 1.00. The number of nitrogens with one attached hydrogen (secondary N) is 2. The van der Waals surface area contributed by atoms with Gasteiger partial charge in [-0.1, -0.05) is 0 Å². The molecule has 0 aromatic heterocycles. The Labute approximate surface area is 67.2 Å². The van der Waals surface area contributed by atoms with Gasteiger partial charge in [-0.05, 0) is 32.2 Å². The molecule has 2 rings (SSSR count). The summed E-state index contributed by atoms with van der Waals surface area (Å²) in [5.74, 6) is 0. The second-order valence-corrected chi connectivity index (χ2v) is 3.76. The molecule has 2 saturated heterocycles. The highest BCUT2D eigenvalue weighted by Crippen LogP contribution is 2.28. The van der Waals surface area contributed by atoms with E-state index < -0.39 is 0 Å². The summed E-state index contributed by atoms with van der Waals surface area (Å²) in [7, 11) is 0. The Morgan fingerprint density at radius 2 is 2.27 bits per heavy atom. The summed E-state index contributed by atoms with van der Waals surface area (Å²) in [4.78, 5) is 0. The van der Waals surface area contributed by atoms with Crippen LogP contribution in [0.25, 0.3) is 0 Å². The summed E-state index contributed by atoms with van der Waals surface area (Å²) in [6.45, 7) is 2.17. The summed E-state index contributed by atoms with van der Waals surface area (Å²) in [6, 6.07) is 0. The van der Waals surface area contributed by atoms with Gasteiger partial charge in [0, 0.05) is 12.1 Å². The molecule has 3 heteroatoms. The van der Waals surface area contributed by atoms with E-state index in [0.717, 1.165) is 25.9 Å². The lowest BCUT2D eigenvalue weighted by Gasteiger charge is -2.34. The first kappa shape index (κ1) is 7.53. The van der Waals surface area contributed by atoms with Crippen molar-refractivity contribution in [3.63, 3.8) is 0 Å². The lowest BCUT2D eigenvalue weighted by molar-refractivity contribution is 0.132. The number of hydrogen-bond donors (Lipinski definition) is 3. The number of aliphatic hydroxyl groups excluding tert-OH is 1. The van der Waals surface area contributed by atoms with Crippen molar-refractivity contribution in [1.82, 2.24) is 10.6 Å². The van der Waals surface area contributed by atoms with Crippen LogP contribution in [0.2, 0.25) is 0 Å². The molecule has 2 atom stereocenters. The van der Waals surface area contributed by atoms with E-state index in [1.807, 2.05) is 0 Å². The van der Waals surface area contributed by atoms with Crippen molar-refractivity contribution in [1.29, 1.82) is 0 Å². The van der Waals surface area contributed by atoms with Crippen LogP contribution in [-0.2, 0) is 0 Å². The van der Waals surface area contributed by atoms with Gasteiger partial charge in [0.05, 0.1) is 0 Å². The van der Waals surface area contributed by atoms with Gasteiger partial charge in [0.15, 0.2) is 0 Å².